The van der Waals surface area contributed by atoms with E-state index in [0.717, 1.165) is 0 Å². The minimum atomic E-state index is -0.149. The van der Waals surface area contributed by atoms with Crippen molar-refractivity contribution in [1.82, 2.24) is 0 Å². The average Bonchev–Trinajstić information content (AvgIpc) is 2.33. The second kappa shape index (κ2) is 6.73. The first-order valence-corrected chi connectivity index (χ1v) is 6.82. The van der Waals surface area contributed by atoms with Crippen LogP contribution in [0.2, 0.25) is 0 Å². The van der Waals surface area contributed by atoms with Crippen LogP contribution in [0.25, 0.3) is 0 Å². The fourth-order valence-electron chi connectivity index (χ4n) is 1.73. The van der Waals surface area contributed by atoms with Gasteiger partial charge in [0.2, 0.25) is 0 Å². The largest absolute Gasteiger partial charge is 0.197 e. The molecule has 0 fully saturated rings. The Morgan fingerprint density at radius 2 is 1.12 bits per heavy atom. The summed E-state index contributed by atoms with van der Waals surface area (Å²) in [5, 5.41) is 2.95. The molecule has 0 bridgehead atoms. The summed E-state index contributed by atoms with van der Waals surface area (Å²) < 4.78 is 0. The highest BCUT2D eigenvalue weighted by atomic mass is 32.1. The second-order valence-electron chi connectivity index (χ2n) is 3.42. The van der Waals surface area contributed by atoms with Crippen LogP contribution in [-0.4, -0.2) is 6.16 Å². The van der Waals surface area contributed by atoms with E-state index in [1.165, 1.54) is 16.8 Å². The first kappa shape index (κ1) is 13.3. The van der Waals surface area contributed by atoms with Gasteiger partial charge in [-0.3, -0.25) is 0 Å². The van der Waals surface area contributed by atoms with Gasteiger partial charge < -0.3 is 0 Å². The average molecular weight is 248 g/mol. The zero-order valence-electron chi connectivity index (χ0n) is 9.43. The van der Waals surface area contributed by atoms with E-state index in [9.17, 15) is 0 Å². The third-order valence-electron chi connectivity index (χ3n) is 2.45. The molecule has 84 valence electrons. The van der Waals surface area contributed by atoms with Crippen LogP contribution in [0, 0.1) is 0 Å². The van der Waals surface area contributed by atoms with Gasteiger partial charge in [-0.15, -0.1) is 0 Å². The predicted octanol–water partition coefficient (Wildman–Crippen LogP) is 3.25. The van der Waals surface area contributed by atoms with E-state index in [2.05, 4.69) is 67.6 Å². The highest BCUT2D eigenvalue weighted by Crippen LogP contribution is 2.32. The number of benzene rings is 2. The minimum absolute atomic E-state index is 0. The van der Waals surface area contributed by atoms with E-state index < -0.39 is 0 Å². The molecule has 0 spiro atoms. The molecule has 0 nitrogen and oxygen atoms in total. The van der Waals surface area contributed by atoms with Gasteiger partial charge in [0.05, 0.1) is 0 Å². The molecule has 0 N–H and O–H groups in total. The highest BCUT2D eigenvalue weighted by Gasteiger charge is 2.09. The van der Waals surface area contributed by atoms with Gasteiger partial charge in [0.25, 0.3) is 0 Å². The lowest BCUT2D eigenvalue weighted by Crippen LogP contribution is -2.12. The van der Waals surface area contributed by atoms with Gasteiger partial charge in [0.1, 0.15) is 0 Å². The van der Waals surface area contributed by atoms with Crippen molar-refractivity contribution in [3.05, 3.63) is 60.7 Å². The monoisotopic (exact) mass is 248 g/mol. The van der Waals surface area contributed by atoms with Crippen molar-refractivity contribution in [1.29, 1.82) is 0 Å². The standard InChI is InChI=1S/C14H15P.H2S/c1-2-15(13-9-5-3-6-10-13)14-11-7-4-8-12-14;/h3-12H,2H2,1H3;1H2. The Kier molecular flexibility index (Phi) is 5.59. The molecule has 2 aromatic rings. The van der Waals surface area contributed by atoms with Crippen molar-refractivity contribution in [3.8, 4) is 0 Å². The maximum absolute atomic E-state index is 2.27. The van der Waals surface area contributed by atoms with E-state index in [1.807, 2.05) is 0 Å². The molecule has 0 aliphatic rings. The second-order valence-corrected chi connectivity index (χ2v) is 5.94. The lowest BCUT2D eigenvalue weighted by Gasteiger charge is -2.16. The SMILES string of the molecule is CCP(c1ccccc1)c1ccccc1.S. The molecular formula is C14H17PS. The molecule has 0 unspecified atom stereocenters. The summed E-state index contributed by atoms with van der Waals surface area (Å²) >= 11 is 0. The van der Waals surface area contributed by atoms with Gasteiger partial charge in [-0.05, 0) is 24.7 Å². The topological polar surface area (TPSA) is 0 Å². The summed E-state index contributed by atoms with van der Waals surface area (Å²) in [6.07, 6.45) is 1.21. The maximum Gasteiger partial charge on any atom is -0.0195 e. The van der Waals surface area contributed by atoms with Crippen molar-refractivity contribution in [2.45, 2.75) is 6.92 Å². The van der Waals surface area contributed by atoms with Crippen molar-refractivity contribution in [3.63, 3.8) is 0 Å². The maximum atomic E-state index is 2.27. The number of hydrogen-bond donors (Lipinski definition) is 0. The fourth-order valence-corrected chi connectivity index (χ4v) is 3.82. The summed E-state index contributed by atoms with van der Waals surface area (Å²) in [6, 6.07) is 21.6. The molecule has 0 aliphatic carbocycles. The summed E-state index contributed by atoms with van der Waals surface area (Å²) in [7, 11) is -0.149. The first-order valence-electron chi connectivity index (χ1n) is 5.29. The van der Waals surface area contributed by atoms with Gasteiger partial charge in [0.15, 0.2) is 0 Å². The predicted molar refractivity (Wildman–Crippen MR) is 80.0 cm³/mol. The highest BCUT2D eigenvalue weighted by molar-refractivity contribution is 7.72. The molecule has 0 atom stereocenters. The molecule has 2 aromatic carbocycles. The van der Waals surface area contributed by atoms with Crippen molar-refractivity contribution >= 4 is 32.0 Å². The zero-order chi connectivity index (χ0) is 10.5. The lowest BCUT2D eigenvalue weighted by atomic mass is 10.4. The molecule has 0 amide bonds. The fraction of sp³-hybridized carbons (Fsp3) is 0.143. The molecule has 0 saturated heterocycles. The molecule has 16 heavy (non-hydrogen) atoms. The van der Waals surface area contributed by atoms with Gasteiger partial charge in [0, 0.05) is 0 Å². The van der Waals surface area contributed by atoms with Crippen LogP contribution in [0.5, 0.6) is 0 Å². The van der Waals surface area contributed by atoms with E-state index in [0.29, 0.717) is 0 Å². The van der Waals surface area contributed by atoms with Crippen LogP contribution in [-0.2, 0) is 0 Å². The molecule has 0 heterocycles. The molecule has 0 saturated carbocycles. The zero-order valence-corrected chi connectivity index (χ0v) is 11.3. The Morgan fingerprint density at radius 3 is 1.44 bits per heavy atom. The van der Waals surface area contributed by atoms with Gasteiger partial charge in [-0.1, -0.05) is 67.6 Å². The van der Waals surface area contributed by atoms with E-state index in [4.69, 9.17) is 0 Å². The Labute approximate surface area is 106 Å². The third kappa shape index (κ3) is 3.10. The Bertz CT molecular complexity index is 360. The molecule has 0 radical (unpaired) electrons. The Balaban J connectivity index is 0.00000128. The molecule has 0 aromatic heterocycles. The van der Waals surface area contributed by atoms with Gasteiger partial charge in [-0.2, -0.15) is 13.5 Å². The molecular weight excluding hydrogens is 231 g/mol. The van der Waals surface area contributed by atoms with Crippen LogP contribution in [0.15, 0.2) is 60.7 Å². The third-order valence-corrected chi connectivity index (χ3v) is 4.93. The minimum Gasteiger partial charge on any atom is -0.197 e. The van der Waals surface area contributed by atoms with Crippen LogP contribution in [0.4, 0.5) is 0 Å². The summed E-state index contributed by atoms with van der Waals surface area (Å²) in [5.41, 5.74) is 0. The smallest absolute Gasteiger partial charge is 0.0195 e. The normalized spacial score (nSPS) is 9.88. The van der Waals surface area contributed by atoms with Crippen molar-refractivity contribution < 1.29 is 0 Å². The molecule has 2 heteroatoms. The quantitative estimate of drug-likeness (QED) is 0.731. The lowest BCUT2D eigenvalue weighted by molar-refractivity contribution is 1.51. The van der Waals surface area contributed by atoms with Crippen LogP contribution < -0.4 is 10.6 Å². The Hall–Kier alpha value is -0.780. The number of rotatable bonds is 3. The van der Waals surface area contributed by atoms with E-state index in [1.54, 1.807) is 0 Å². The Morgan fingerprint density at radius 1 is 0.750 bits per heavy atom. The van der Waals surface area contributed by atoms with Gasteiger partial charge >= 0.3 is 0 Å². The van der Waals surface area contributed by atoms with Crippen LogP contribution in [0.1, 0.15) is 6.92 Å². The van der Waals surface area contributed by atoms with Gasteiger partial charge in [-0.25, -0.2) is 0 Å². The van der Waals surface area contributed by atoms with E-state index in [-0.39, 0.29) is 21.4 Å². The van der Waals surface area contributed by atoms with E-state index >= 15 is 0 Å². The summed E-state index contributed by atoms with van der Waals surface area (Å²) in [5.74, 6) is 0. The summed E-state index contributed by atoms with van der Waals surface area (Å²) in [4.78, 5) is 0. The van der Waals surface area contributed by atoms with Crippen molar-refractivity contribution in [2.75, 3.05) is 6.16 Å². The van der Waals surface area contributed by atoms with Crippen LogP contribution in [0.3, 0.4) is 0 Å². The molecule has 0 aliphatic heterocycles. The van der Waals surface area contributed by atoms with Crippen LogP contribution >= 0.6 is 21.4 Å². The summed E-state index contributed by atoms with van der Waals surface area (Å²) in [6.45, 7) is 2.27. The molecule has 2 rings (SSSR count). The van der Waals surface area contributed by atoms with Crippen molar-refractivity contribution in [2.24, 2.45) is 0 Å². The number of hydrogen-bond acceptors (Lipinski definition) is 0. The first-order chi connectivity index (χ1) is 7.42.